The molecule has 7 heteroatoms. The lowest BCUT2D eigenvalue weighted by Crippen LogP contribution is -2.41. The summed E-state index contributed by atoms with van der Waals surface area (Å²) in [5.41, 5.74) is 6.60. The quantitative estimate of drug-likeness (QED) is 0.732. The minimum Gasteiger partial charge on any atom is -0.273 e. The van der Waals surface area contributed by atoms with E-state index in [-0.39, 0.29) is 5.91 Å². The molecule has 0 aliphatic rings. The van der Waals surface area contributed by atoms with Crippen LogP contribution in [0.4, 0.5) is 0 Å². The molecule has 0 aliphatic carbocycles. The summed E-state index contributed by atoms with van der Waals surface area (Å²) >= 11 is 1.57. The van der Waals surface area contributed by atoms with Crippen LogP contribution in [0.5, 0.6) is 0 Å². The first kappa shape index (κ1) is 15.1. The van der Waals surface area contributed by atoms with E-state index in [4.69, 9.17) is 0 Å². The van der Waals surface area contributed by atoms with Gasteiger partial charge in [0.05, 0.1) is 5.69 Å². The van der Waals surface area contributed by atoms with Gasteiger partial charge in [-0.05, 0) is 12.3 Å². The predicted octanol–water partition coefficient (Wildman–Crippen LogP) is 1.59. The van der Waals surface area contributed by atoms with Crippen LogP contribution in [0.25, 0.3) is 11.3 Å². The Morgan fingerprint density at radius 1 is 1.24 bits per heavy atom. The molecule has 110 valence electrons. The molecule has 0 saturated carbocycles. The second-order valence-electron chi connectivity index (χ2n) is 4.28. The van der Waals surface area contributed by atoms with Crippen molar-refractivity contribution in [2.24, 2.45) is 0 Å². The maximum absolute atomic E-state index is 11.9. The summed E-state index contributed by atoms with van der Waals surface area (Å²) in [5.74, 6) is 0.0619. The molecule has 0 radical (unpaired) electrons. The number of hydrazine groups is 1. The smallest absolute Gasteiger partial charge is 0.273 e. The number of rotatable bonds is 5. The van der Waals surface area contributed by atoms with Crippen molar-refractivity contribution < 1.29 is 9.59 Å². The van der Waals surface area contributed by atoms with Gasteiger partial charge in [0, 0.05) is 17.7 Å². The molecule has 0 aliphatic heterocycles. The third-order valence-corrected chi connectivity index (χ3v) is 3.35. The van der Waals surface area contributed by atoms with Crippen molar-refractivity contribution in [3.8, 4) is 11.3 Å². The van der Waals surface area contributed by atoms with Gasteiger partial charge in [-0.1, -0.05) is 30.3 Å². The van der Waals surface area contributed by atoms with Crippen molar-refractivity contribution in [2.75, 3.05) is 12.0 Å². The van der Waals surface area contributed by atoms with Crippen molar-refractivity contribution in [1.29, 1.82) is 0 Å². The highest BCUT2D eigenvalue weighted by atomic mass is 32.2. The Hall–Kier alpha value is -2.28. The van der Waals surface area contributed by atoms with Crippen LogP contribution in [-0.4, -0.2) is 34.0 Å². The number of nitrogens with one attached hydrogen (secondary N) is 3. The lowest BCUT2D eigenvalue weighted by atomic mass is 10.1. The summed E-state index contributed by atoms with van der Waals surface area (Å²) in [6, 6.07) is 11.2. The van der Waals surface area contributed by atoms with Gasteiger partial charge in [-0.2, -0.15) is 16.9 Å². The molecule has 21 heavy (non-hydrogen) atoms. The first-order valence-electron chi connectivity index (χ1n) is 6.39. The summed E-state index contributed by atoms with van der Waals surface area (Å²) in [6.07, 6.45) is 2.28. The van der Waals surface area contributed by atoms with Gasteiger partial charge < -0.3 is 0 Å². The molecule has 1 heterocycles. The largest absolute Gasteiger partial charge is 0.287 e. The number of aromatic amines is 1. The Balaban J connectivity index is 1.92. The number of carbonyl (C=O) groups excluding carboxylic acids is 2. The first-order chi connectivity index (χ1) is 10.2. The Morgan fingerprint density at radius 3 is 2.71 bits per heavy atom. The van der Waals surface area contributed by atoms with E-state index in [1.807, 2.05) is 36.6 Å². The van der Waals surface area contributed by atoms with Gasteiger partial charge in [-0.3, -0.25) is 25.5 Å². The Kier molecular flexibility index (Phi) is 5.39. The van der Waals surface area contributed by atoms with Crippen LogP contribution >= 0.6 is 11.8 Å². The Bertz CT molecular complexity index is 612. The van der Waals surface area contributed by atoms with Crippen LogP contribution < -0.4 is 10.9 Å². The zero-order valence-electron chi connectivity index (χ0n) is 11.6. The highest BCUT2D eigenvalue weighted by molar-refractivity contribution is 7.98. The van der Waals surface area contributed by atoms with Crippen LogP contribution in [0, 0.1) is 0 Å². The fourth-order valence-corrected chi connectivity index (χ4v) is 2.04. The van der Waals surface area contributed by atoms with Gasteiger partial charge in [0.15, 0.2) is 0 Å². The topological polar surface area (TPSA) is 86.9 Å². The third kappa shape index (κ3) is 4.35. The number of H-pyrrole nitrogens is 1. The number of aromatic nitrogens is 2. The molecule has 2 rings (SSSR count). The average Bonchev–Trinajstić information content (AvgIpc) is 3.01. The molecule has 0 unspecified atom stereocenters. The summed E-state index contributed by atoms with van der Waals surface area (Å²) in [5, 5.41) is 6.74. The fourth-order valence-electron chi connectivity index (χ4n) is 1.65. The van der Waals surface area contributed by atoms with Crippen molar-refractivity contribution >= 4 is 23.6 Å². The monoisotopic (exact) mass is 304 g/mol. The minimum atomic E-state index is -0.429. The van der Waals surface area contributed by atoms with Crippen LogP contribution in [0.3, 0.4) is 0 Å². The normalized spacial score (nSPS) is 10.1. The van der Waals surface area contributed by atoms with Crippen LogP contribution in [0.15, 0.2) is 36.4 Å². The molecule has 3 N–H and O–H groups in total. The van der Waals surface area contributed by atoms with E-state index >= 15 is 0 Å². The molecule has 2 amide bonds. The zero-order valence-corrected chi connectivity index (χ0v) is 12.4. The first-order valence-corrected chi connectivity index (χ1v) is 7.79. The molecule has 1 aromatic carbocycles. The second kappa shape index (κ2) is 7.49. The van der Waals surface area contributed by atoms with Gasteiger partial charge in [0.25, 0.3) is 5.91 Å². The van der Waals surface area contributed by atoms with E-state index in [0.717, 1.165) is 5.56 Å². The number of benzene rings is 1. The maximum Gasteiger partial charge on any atom is 0.287 e. The van der Waals surface area contributed by atoms with Gasteiger partial charge in [0.1, 0.15) is 5.69 Å². The highest BCUT2D eigenvalue weighted by Gasteiger charge is 2.11. The summed E-state index contributed by atoms with van der Waals surface area (Å²) in [7, 11) is 0. The third-order valence-electron chi connectivity index (χ3n) is 2.74. The lowest BCUT2D eigenvalue weighted by molar-refractivity contribution is -0.121. The van der Waals surface area contributed by atoms with E-state index in [2.05, 4.69) is 21.0 Å². The molecule has 1 aromatic heterocycles. The summed E-state index contributed by atoms with van der Waals surface area (Å²) in [4.78, 5) is 23.3. The average molecular weight is 304 g/mol. The van der Waals surface area contributed by atoms with Crippen molar-refractivity contribution in [3.63, 3.8) is 0 Å². The van der Waals surface area contributed by atoms with Crippen LogP contribution in [0.1, 0.15) is 16.9 Å². The van der Waals surface area contributed by atoms with Crippen molar-refractivity contribution in [1.82, 2.24) is 21.0 Å². The molecule has 0 atom stereocenters. The molecule has 0 bridgehead atoms. The molecule has 2 aromatic rings. The molecule has 6 nitrogen and oxygen atoms in total. The lowest BCUT2D eigenvalue weighted by Gasteiger charge is -2.05. The van der Waals surface area contributed by atoms with Gasteiger partial charge in [0.2, 0.25) is 5.91 Å². The molecule has 0 fully saturated rings. The number of hydrogen-bond acceptors (Lipinski definition) is 4. The number of hydrogen-bond donors (Lipinski definition) is 3. The van der Waals surface area contributed by atoms with E-state index in [0.29, 0.717) is 23.6 Å². The Morgan fingerprint density at radius 2 is 2.00 bits per heavy atom. The Labute approximate surface area is 126 Å². The van der Waals surface area contributed by atoms with Gasteiger partial charge >= 0.3 is 0 Å². The maximum atomic E-state index is 11.9. The number of amides is 2. The number of thioether (sulfide) groups is 1. The minimum absolute atomic E-state index is 0.222. The van der Waals surface area contributed by atoms with E-state index < -0.39 is 5.91 Å². The van der Waals surface area contributed by atoms with Crippen LogP contribution in [-0.2, 0) is 4.79 Å². The molecular weight excluding hydrogens is 288 g/mol. The number of carbonyl (C=O) groups is 2. The molecule has 0 spiro atoms. The second-order valence-corrected chi connectivity index (χ2v) is 5.26. The van der Waals surface area contributed by atoms with E-state index in [9.17, 15) is 9.59 Å². The van der Waals surface area contributed by atoms with E-state index in [1.165, 1.54) is 0 Å². The standard InChI is InChI=1S/C14H16N4O2S/c1-21-8-7-13(19)17-18-14(20)12-9-11(15-16-12)10-5-3-2-4-6-10/h2-6,9H,7-8H2,1H3,(H,15,16)(H,17,19)(H,18,20). The summed E-state index contributed by atoms with van der Waals surface area (Å²) < 4.78 is 0. The van der Waals surface area contributed by atoms with Crippen molar-refractivity contribution in [3.05, 3.63) is 42.1 Å². The van der Waals surface area contributed by atoms with Crippen molar-refractivity contribution in [2.45, 2.75) is 6.42 Å². The van der Waals surface area contributed by atoms with Gasteiger partial charge in [-0.15, -0.1) is 0 Å². The predicted molar refractivity (Wildman–Crippen MR) is 82.6 cm³/mol. The summed E-state index contributed by atoms with van der Waals surface area (Å²) in [6.45, 7) is 0. The van der Waals surface area contributed by atoms with Gasteiger partial charge in [-0.25, -0.2) is 0 Å². The highest BCUT2D eigenvalue weighted by Crippen LogP contribution is 2.16. The fraction of sp³-hybridized carbons (Fsp3) is 0.214. The SMILES string of the molecule is CSCCC(=O)NNC(=O)c1cc(-c2ccccc2)n[nH]1. The van der Waals surface area contributed by atoms with E-state index in [1.54, 1.807) is 17.8 Å². The number of nitrogens with zero attached hydrogens (tertiary/aromatic N) is 1. The molecular formula is C14H16N4O2S. The zero-order chi connectivity index (χ0) is 15.1. The van der Waals surface area contributed by atoms with Crippen LogP contribution in [0.2, 0.25) is 0 Å². The molecule has 0 saturated heterocycles.